The van der Waals surface area contributed by atoms with E-state index in [0.717, 1.165) is 17.7 Å². The first kappa shape index (κ1) is 22.8. The van der Waals surface area contributed by atoms with Crippen LogP contribution in [-0.2, 0) is 12.6 Å². The molecule has 158 valence electrons. The van der Waals surface area contributed by atoms with Crippen molar-refractivity contribution < 1.29 is 18.0 Å². The number of halogens is 3. The third kappa shape index (κ3) is 7.17. The average Bonchev–Trinajstić information content (AvgIpc) is 2.74. The molecule has 0 unspecified atom stereocenters. The van der Waals surface area contributed by atoms with E-state index in [1.807, 2.05) is 18.2 Å². The van der Waals surface area contributed by atoms with Crippen LogP contribution >= 0.6 is 0 Å². The lowest BCUT2D eigenvalue weighted by atomic mass is 10.1. The molecule has 0 spiro atoms. The standard InChI is InChI=1S/C22H23F3N4O/c1-26-20(30)18-7-3-5-17(15-18)12-14-29-21(27-2)28-13-4-6-16-8-10-19(11-9-16)22(23,24)25/h3,5,7-11,15H,12-14H2,1-2H3,(H,26,30)(H2,27,28,29). The zero-order valence-electron chi connectivity index (χ0n) is 16.7. The molecule has 0 aliphatic carbocycles. The lowest BCUT2D eigenvalue weighted by Gasteiger charge is -2.10. The van der Waals surface area contributed by atoms with Gasteiger partial charge in [0.25, 0.3) is 5.91 Å². The van der Waals surface area contributed by atoms with Crippen molar-refractivity contribution in [3.8, 4) is 11.8 Å². The normalized spacial score (nSPS) is 11.3. The molecule has 30 heavy (non-hydrogen) atoms. The van der Waals surface area contributed by atoms with E-state index in [1.54, 1.807) is 20.2 Å². The number of carbonyl (C=O) groups excluding carboxylic acids is 1. The molecule has 0 heterocycles. The Labute approximate surface area is 173 Å². The van der Waals surface area contributed by atoms with Gasteiger partial charge in [0.1, 0.15) is 0 Å². The van der Waals surface area contributed by atoms with Gasteiger partial charge in [-0.2, -0.15) is 13.2 Å². The minimum atomic E-state index is -4.35. The molecule has 0 radical (unpaired) electrons. The van der Waals surface area contributed by atoms with E-state index in [1.165, 1.54) is 12.1 Å². The molecule has 0 aliphatic rings. The van der Waals surface area contributed by atoms with Gasteiger partial charge in [0.05, 0.1) is 12.1 Å². The van der Waals surface area contributed by atoms with Gasteiger partial charge in [-0.25, -0.2) is 0 Å². The maximum Gasteiger partial charge on any atom is 0.416 e. The van der Waals surface area contributed by atoms with E-state index in [4.69, 9.17) is 0 Å². The van der Waals surface area contributed by atoms with Gasteiger partial charge in [-0.1, -0.05) is 24.0 Å². The highest BCUT2D eigenvalue weighted by molar-refractivity contribution is 5.94. The average molecular weight is 416 g/mol. The zero-order chi connectivity index (χ0) is 22.0. The van der Waals surface area contributed by atoms with Crippen LogP contribution in [0.4, 0.5) is 13.2 Å². The summed E-state index contributed by atoms with van der Waals surface area (Å²) in [4.78, 5) is 15.8. The molecule has 2 aromatic rings. The number of benzene rings is 2. The first-order chi connectivity index (χ1) is 14.3. The van der Waals surface area contributed by atoms with Gasteiger partial charge in [0, 0.05) is 31.8 Å². The Hall–Kier alpha value is -3.47. The summed E-state index contributed by atoms with van der Waals surface area (Å²) in [5.41, 5.74) is 1.43. The second-order valence-corrected chi connectivity index (χ2v) is 6.26. The Balaban J connectivity index is 1.79. The van der Waals surface area contributed by atoms with Gasteiger partial charge in [-0.15, -0.1) is 0 Å². The Morgan fingerprint density at radius 1 is 1.10 bits per heavy atom. The van der Waals surface area contributed by atoms with Gasteiger partial charge in [0.15, 0.2) is 5.96 Å². The Kier molecular flexibility index (Phi) is 8.29. The van der Waals surface area contributed by atoms with E-state index < -0.39 is 11.7 Å². The molecule has 0 aliphatic heterocycles. The van der Waals surface area contributed by atoms with Crippen LogP contribution in [0, 0.1) is 11.8 Å². The fraction of sp³-hybridized carbons (Fsp3) is 0.273. The number of carbonyl (C=O) groups is 1. The van der Waals surface area contributed by atoms with Crippen molar-refractivity contribution in [3.05, 3.63) is 70.8 Å². The molecule has 2 rings (SSSR count). The predicted molar refractivity (Wildman–Crippen MR) is 111 cm³/mol. The maximum absolute atomic E-state index is 12.6. The van der Waals surface area contributed by atoms with Crippen LogP contribution in [0.25, 0.3) is 0 Å². The van der Waals surface area contributed by atoms with Gasteiger partial charge in [-0.05, 0) is 48.4 Å². The van der Waals surface area contributed by atoms with Crippen LogP contribution in [0.3, 0.4) is 0 Å². The summed E-state index contributed by atoms with van der Waals surface area (Å²) < 4.78 is 37.7. The van der Waals surface area contributed by atoms with Crippen LogP contribution in [-0.4, -0.2) is 39.1 Å². The first-order valence-corrected chi connectivity index (χ1v) is 9.25. The molecule has 0 saturated heterocycles. The molecule has 0 aromatic heterocycles. The van der Waals surface area contributed by atoms with Crippen LogP contribution in [0.5, 0.6) is 0 Å². The van der Waals surface area contributed by atoms with Crippen molar-refractivity contribution >= 4 is 11.9 Å². The quantitative estimate of drug-likeness (QED) is 0.399. The van der Waals surface area contributed by atoms with E-state index in [-0.39, 0.29) is 12.5 Å². The second kappa shape index (κ2) is 10.9. The van der Waals surface area contributed by atoms with Gasteiger partial charge in [-0.3, -0.25) is 9.79 Å². The number of nitrogens with zero attached hydrogens (tertiary/aromatic N) is 1. The van der Waals surface area contributed by atoms with Gasteiger partial charge < -0.3 is 16.0 Å². The lowest BCUT2D eigenvalue weighted by Crippen LogP contribution is -2.38. The molecule has 8 heteroatoms. The molecule has 2 aromatic carbocycles. The monoisotopic (exact) mass is 416 g/mol. The number of guanidine groups is 1. The topological polar surface area (TPSA) is 65.5 Å². The molecule has 3 N–H and O–H groups in total. The maximum atomic E-state index is 12.6. The van der Waals surface area contributed by atoms with Crippen molar-refractivity contribution in [1.29, 1.82) is 0 Å². The van der Waals surface area contributed by atoms with Crippen LogP contribution in [0.1, 0.15) is 27.0 Å². The van der Waals surface area contributed by atoms with E-state index in [9.17, 15) is 18.0 Å². The summed E-state index contributed by atoms with van der Waals surface area (Å²) in [7, 11) is 3.22. The number of aliphatic imine (C=N–C) groups is 1. The number of rotatable bonds is 5. The van der Waals surface area contributed by atoms with Crippen molar-refractivity contribution in [1.82, 2.24) is 16.0 Å². The van der Waals surface area contributed by atoms with E-state index in [0.29, 0.717) is 30.1 Å². The lowest BCUT2D eigenvalue weighted by molar-refractivity contribution is -0.137. The fourth-order valence-electron chi connectivity index (χ4n) is 2.57. The third-order valence-corrected chi connectivity index (χ3v) is 4.14. The van der Waals surface area contributed by atoms with Crippen molar-refractivity contribution in [3.63, 3.8) is 0 Å². The molecule has 0 atom stereocenters. The summed E-state index contributed by atoms with van der Waals surface area (Å²) in [5, 5.41) is 8.77. The highest BCUT2D eigenvalue weighted by Crippen LogP contribution is 2.28. The van der Waals surface area contributed by atoms with Gasteiger partial charge in [0.2, 0.25) is 0 Å². The SMILES string of the molecule is CN=C(NCC#Cc1ccc(C(F)(F)F)cc1)NCCc1cccc(C(=O)NC)c1. The summed E-state index contributed by atoms with van der Waals surface area (Å²) in [5.74, 6) is 6.08. The summed E-state index contributed by atoms with van der Waals surface area (Å²) in [6, 6.07) is 12.1. The molecule has 5 nitrogen and oxygen atoms in total. The number of hydrogen-bond acceptors (Lipinski definition) is 2. The van der Waals surface area contributed by atoms with E-state index in [2.05, 4.69) is 32.8 Å². The van der Waals surface area contributed by atoms with Crippen LogP contribution in [0.15, 0.2) is 53.5 Å². The van der Waals surface area contributed by atoms with Crippen molar-refractivity contribution in [2.45, 2.75) is 12.6 Å². The minimum absolute atomic E-state index is 0.131. The summed E-state index contributed by atoms with van der Waals surface area (Å²) in [6.45, 7) is 0.885. The molecule has 0 saturated carbocycles. The fourth-order valence-corrected chi connectivity index (χ4v) is 2.57. The predicted octanol–water partition coefficient (Wildman–Crippen LogP) is 2.82. The Morgan fingerprint density at radius 2 is 1.83 bits per heavy atom. The number of nitrogens with one attached hydrogen (secondary N) is 3. The zero-order valence-corrected chi connectivity index (χ0v) is 16.7. The molecule has 0 bridgehead atoms. The smallest absolute Gasteiger partial charge is 0.356 e. The number of alkyl halides is 3. The highest BCUT2D eigenvalue weighted by atomic mass is 19.4. The molecule has 0 fully saturated rings. The Morgan fingerprint density at radius 3 is 2.47 bits per heavy atom. The van der Waals surface area contributed by atoms with Crippen LogP contribution in [0.2, 0.25) is 0 Å². The molecule has 1 amide bonds. The highest BCUT2D eigenvalue weighted by Gasteiger charge is 2.29. The third-order valence-electron chi connectivity index (χ3n) is 4.14. The van der Waals surface area contributed by atoms with Crippen molar-refractivity contribution in [2.24, 2.45) is 4.99 Å². The van der Waals surface area contributed by atoms with E-state index >= 15 is 0 Å². The second-order valence-electron chi connectivity index (χ2n) is 6.26. The number of amides is 1. The minimum Gasteiger partial charge on any atom is -0.356 e. The van der Waals surface area contributed by atoms with Crippen LogP contribution < -0.4 is 16.0 Å². The van der Waals surface area contributed by atoms with Crippen molar-refractivity contribution in [2.75, 3.05) is 27.2 Å². The van der Waals surface area contributed by atoms with Gasteiger partial charge >= 0.3 is 6.18 Å². The largest absolute Gasteiger partial charge is 0.416 e. The summed E-state index contributed by atoms with van der Waals surface area (Å²) >= 11 is 0. The summed E-state index contributed by atoms with van der Waals surface area (Å²) in [6.07, 6.45) is -3.65. The molecular formula is C22H23F3N4O. The number of hydrogen-bond donors (Lipinski definition) is 3. The Bertz CT molecular complexity index is 941. The molecular weight excluding hydrogens is 393 g/mol. The first-order valence-electron chi connectivity index (χ1n) is 9.25.